The van der Waals surface area contributed by atoms with E-state index in [0.29, 0.717) is 30.0 Å². The Labute approximate surface area is 190 Å². The van der Waals surface area contributed by atoms with Gasteiger partial charge in [0.25, 0.3) is 0 Å². The van der Waals surface area contributed by atoms with Crippen molar-refractivity contribution in [2.75, 3.05) is 18.0 Å². The predicted molar refractivity (Wildman–Crippen MR) is 119 cm³/mol. The maximum atomic E-state index is 14.9. The van der Waals surface area contributed by atoms with Gasteiger partial charge in [-0.1, -0.05) is 12.1 Å². The van der Waals surface area contributed by atoms with Gasteiger partial charge in [0.1, 0.15) is 11.9 Å². The molecule has 1 unspecified atom stereocenters. The van der Waals surface area contributed by atoms with E-state index in [2.05, 4.69) is 15.3 Å². The van der Waals surface area contributed by atoms with Crippen LogP contribution in [0.3, 0.4) is 0 Å². The molecule has 0 saturated carbocycles. The number of aromatic nitrogens is 2. The number of amides is 2. The topological polar surface area (TPSA) is 93.7 Å². The van der Waals surface area contributed by atoms with Crippen molar-refractivity contribution in [3.05, 3.63) is 78.1 Å². The number of benzene rings is 1. The average molecular weight is 450 g/mol. The third-order valence-electron chi connectivity index (χ3n) is 5.08. The van der Waals surface area contributed by atoms with Crippen LogP contribution in [0.5, 0.6) is 0 Å². The molecule has 1 aliphatic heterocycles. The van der Waals surface area contributed by atoms with Crippen molar-refractivity contribution in [2.45, 2.75) is 26.2 Å². The van der Waals surface area contributed by atoms with Gasteiger partial charge in [-0.2, -0.15) is 0 Å². The van der Waals surface area contributed by atoms with Crippen LogP contribution >= 0.6 is 0 Å². The predicted octanol–water partition coefficient (Wildman–Crippen LogP) is 3.46. The maximum absolute atomic E-state index is 14.9. The van der Waals surface area contributed by atoms with Crippen LogP contribution < -0.4 is 10.2 Å². The van der Waals surface area contributed by atoms with Crippen molar-refractivity contribution >= 4 is 17.7 Å². The Morgan fingerprint density at radius 2 is 2.00 bits per heavy atom. The molecule has 3 heterocycles. The molecule has 1 N–H and O–H groups in total. The molecule has 170 valence electrons. The highest BCUT2D eigenvalue weighted by Gasteiger charge is 2.32. The minimum Gasteiger partial charge on any atom is -0.442 e. The Balaban J connectivity index is 1.37. The number of rotatable bonds is 8. The van der Waals surface area contributed by atoms with Crippen molar-refractivity contribution in [1.82, 2.24) is 15.3 Å². The molecule has 1 fully saturated rings. The summed E-state index contributed by atoms with van der Waals surface area (Å²) in [7, 11) is 0. The number of nitrogens with zero attached hydrogens (tertiary/aromatic N) is 3. The molecule has 1 aromatic carbocycles. The van der Waals surface area contributed by atoms with Crippen LogP contribution in [0.15, 0.2) is 60.9 Å². The summed E-state index contributed by atoms with van der Waals surface area (Å²) in [6.45, 7) is 2.52. The maximum Gasteiger partial charge on any atom is 0.414 e. The van der Waals surface area contributed by atoms with Gasteiger partial charge in [-0.05, 0) is 36.4 Å². The first-order chi connectivity index (χ1) is 16.0. The lowest BCUT2D eigenvalue weighted by Gasteiger charge is -2.14. The minimum atomic E-state index is -0.575. The number of ether oxygens (including phenoxy) is 2. The lowest BCUT2D eigenvalue weighted by atomic mass is 10.1. The number of pyridine rings is 2. The molecule has 1 aliphatic rings. The second kappa shape index (κ2) is 10.2. The Hall–Kier alpha value is -3.85. The van der Waals surface area contributed by atoms with Gasteiger partial charge in [-0.15, -0.1) is 0 Å². The molecule has 0 aliphatic carbocycles. The first-order valence-electron chi connectivity index (χ1n) is 10.4. The third kappa shape index (κ3) is 5.69. The normalized spacial score (nSPS) is 15.4. The van der Waals surface area contributed by atoms with Crippen LogP contribution in [0.2, 0.25) is 0 Å². The lowest BCUT2D eigenvalue weighted by Crippen LogP contribution is -2.33. The Morgan fingerprint density at radius 1 is 1.18 bits per heavy atom. The second-order valence-electron chi connectivity index (χ2n) is 7.57. The quantitative estimate of drug-likeness (QED) is 0.565. The van der Waals surface area contributed by atoms with E-state index in [1.54, 1.807) is 36.7 Å². The summed E-state index contributed by atoms with van der Waals surface area (Å²) in [6, 6.07) is 13.7. The number of nitrogens with one attached hydrogen (secondary N) is 1. The summed E-state index contributed by atoms with van der Waals surface area (Å²) in [5, 5.41) is 2.61. The van der Waals surface area contributed by atoms with E-state index in [-0.39, 0.29) is 19.0 Å². The van der Waals surface area contributed by atoms with E-state index in [1.165, 1.54) is 17.9 Å². The standard InChI is InChI=1S/C24H23FN4O4/c1-16(30)27-12-21-13-29(24(31)33-21)20-7-8-22(23(25)10-20)17-5-6-19(28-11-17)15-32-14-18-4-2-3-9-26-18/h2-11,21H,12-15H2,1H3,(H,27,30). The smallest absolute Gasteiger partial charge is 0.414 e. The molecule has 8 nitrogen and oxygen atoms in total. The third-order valence-corrected chi connectivity index (χ3v) is 5.08. The van der Waals surface area contributed by atoms with Crippen molar-refractivity contribution in [1.29, 1.82) is 0 Å². The lowest BCUT2D eigenvalue weighted by molar-refractivity contribution is -0.119. The molecule has 0 radical (unpaired) electrons. The molecule has 3 aromatic rings. The number of cyclic esters (lactones) is 1. The number of hydrogen-bond acceptors (Lipinski definition) is 6. The second-order valence-corrected chi connectivity index (χ2v) is 7.57. The Morgan fingerprint density at radius 3 is 2.67 bits per heavy atom. The molecular formula is C24H23FN4O4. The highest BCUT2D eigenvalue weighted by atomic mass is 19.1. The van der Waals surface area contributed by atoms with Gasteiger partial charge >= 0.3 is 6.09 Å². The number of hydrogen-bond donors (Lipinski definition) is 1. The van der Waals surface area contributed by atoms with Gasteiger partial charge in [0.05, 0.1) is 43.4 Å². The van der Waals surface area contributed by atoms with E-state index in [1.807, 2.05) is 18.2 Å². The summed E-state index contributed by atoms with van der Waals surface area (Å²) in [5.74, 6) is -0.689. The summed E-state index contributed by atoms with van der Waals surface area (Å²) >= 11 is 0. The number of carbonyl (C=O) groups excluding carboxylic acids is 2. The molecule has 33 heavy (non-hydrogen) atoms. The fourth-order valence-electron chi connectivity index (χ4n) is 3.42. The van der Waals surface area contributed by atoms with Crippen LogP contribution in [0.4, 0.5) is 14.9 Å². The Kier molecular flexibility index (Phi) is 6.89. The van der Waals surface area contributed by atoms with E-state index in [4.69, 9.17) is 9.47 Å². The zero-order valence-electron chi connectivity index (χ0n) is 18.0. The monoisotopic (exact) mass is 450 g/mol. The van der Waals surface area contributed by atoms with Gasteiger partial charge in [-0.3, -0.25) is 19.7 Å². The molecule has 0 spiro atoms. The molecule has 0 bridgehead atoms. The minimum absolute atomic E-state index is 0.209. The molecule has 1 atom stereocenters. The van der Waals surface area contributed by atoms with Crippen molar-refractivity contribution in [3.63, 3.8) is 0 Å². The van der Waals surface area contributed by atoms with Gasteiger partial charge < -0.3 is 14.8 Å². The van der Waals surface area contributed by atoms with E-state index < -0.39 is 18.0 Å². The molecule has 9 heteroatoms. The summed E-state index contributed by atoms with van der Waals surface area (Å²) in [6.07, 6.45) is 2.24. The number of carbonyl (C=O) groups is 2. The summed E-state index contributed by atoms with van der Waals surface area (Å²) in [5.41, 5.74) is 2.92. The van der Waals surface area contributed by atoms with Gasteiger partial charge in [0, 0.05) is 30.4 Å². The van der Waals surface area contributed by atoms with Gasteiger partial charge in [0.2, 0.25) is 5.91 Å². The molecular weight excluding hydrogens is 427 g/mol. The van der Waals surface area contributed by atoms with Crippen LogP contribution in [0.1, 0.15) is 18.3 Å². The fraction of sp³-hybridized carbons (Fsp3) is 0.250. The van der Waals surface area contributed by atoms with Crippen LogP contribution in [-0.4, -0.2) is 41.2 Å². The average Bonchev–Trinajstić information content (AvgIpc) is 3.19. The van der Waals surface area contributed by atoms with E-state index in [0.717, 1.165) is 11.4 Å². The molecule has 2 amide bonds. The molecule has 2 aromatic heterocycles. The highest BCUT2D eigenvalue weighted by molar-refractivity contribution is 5.90. The first kappa shape index (κ1) is 22.3. The zero-order valence-corrected chi connectivity index (χ0v) is 18.0. The van der Waals surface area contributed by atoms with Gasteiger partial charge in [0.15, 0.2) is 0 Å². The summed E-state index contributed by atoms with van der Waals surface area (Å²) in [4.78, 5) is 33.1. The molecule has 1 saturated heterocycles. The zero-order chi connectivity index (χ0) is 23.2. The Bertz CT molecular complexity index is 1130. The fourth-order valence-corrected chi connectivity index (χ4v) is 3.42. The van der Waals surface area contributed by atoms with Crippen molar-refractivity contribution < 1.29 is 23.5 Å². The summed E-state index contributed by atoms with van der Waals surface area (Å²) < 4.78 is 25.7. The highest BCUT2D eigenvalue weighted by Crippen LogP contribution is 2.29. The first-order valence-corrected chi connectivity index (χ1v) is 10.4. The van der Waals surface area contributed by atoms with Crippen molar-refractivity contribution in [2.24, 2.45) is 0 Å². The van der Waals surface area contributed by atoms with Crippen LogP contribution in [-0.2, 0) is 27.5 Å². The number of halogens is 1. The van der Waals surface area contributed by atoms with Crippen LogP contribution in [0, 0.1) is 5.82 Å². The largest absolute Gasteiger partial charge is 0.442 e. The van der Waals surface area contributed by atoms with E-state index >= 15 is 0 Å². The molecule has 4 rings (SSSR count). The SMILES string of the molecule is CC(=O)NCC1CN(c2ccc(-c3ccc(COCc4ccccn4)nc3)c(F)c2)C(=O)O1. The van der Waals surface area contributed by atoms with Crippen LogP contribution in [0.25, 0.3) is 11.1 Å². The van der Waals surface area contributed by atoms with Crippen molar-refractivity contribution in [3.8, 4) is 11.1 Å². The van der Waals surface area contributed by atoms with Gasteiger partial charge in [-0.25, -0.2) is 9.18 Å². The number of anilines is 1. The van der Waals surface area contributed by atoms with E-state index in [9.17, 15) is 14.0 Å².